The minimum absolute atomic E-state index is 0.752. The zero-order chi connectivity index (χ0) is 17.8. The molecule has 0 unspecified atom stereocenters. The standard InChI is InChI=1S/C21H19N3OS/c1-25-19-3-2-16-10-18(13-23-12-15-4-7-22-8-5-15)21(24-20(16)11-19)17-6-9-26-14-17/h2-11,14,23H,12-13H2,1H3. The average Bonchev–Trinajstić information content (AvgIpc) is 3.22. The van der Waals surface area contributed by atoms with Crippen molar-refractivity contribution < 1.29 is 4.74 Å². The largest absolute Gasteiger partial charge is 0.497 e. The van der Waals surface area contributed by atoms with Crippen LogP contribution in [0.25, 0.3) is 22.2 Å². The Labute approximate surface area is 156 Å². The molecule has 0 spiro atoms. The summed E-state index contributed by atoms with van der Waals surface area (Å²) in [5.74, 6) is 0.824. The summed E-state index contributed by atoms with van der Waals surface area (Å²) in [6.45, 7) is 1.55. The van der Waals surface area contributed by atoms with Crippen LogP contribution in [0.1, 0.15) is 11.1 Å². The zero-order valence-corrected chi connectivity index (χ0v) is 15.3. The highest BCUT2D eigenvalue weighted by Gasteiger charge is 2.10. The first-order chi connectivity index (χ1) is 12.8. The smallest absolute Gasteiger partial charge is 0.121 e. The van der Waals surface area contributed by atoms with Gasteiger partial charge in [0.15, 0.2) is 0 Å². The van der Waals surface area contributed by atoms with E-state index in [1.54, 1.807) is 18.4 Å². The molecule has 0 aliphatic rings. The third-order valence-corrected chi connectivity index (χ3v) is 4.98. The molecule has 4 nitrogen and oxygen atoms in total. The minimum atomic E-state index is 0.752. The summed E-state index contributed by atoms with van der Waals surface area (Å²) in [5.41, 5.74) is 5.53. The number of nitrogens with zero attached hydrogens (tertiary/aromatic N) is 2. The molecule has 0 bridgehead atoms. The molecule has 1 N–H and O–H groups in total. The Bertz CT molecular complexity index is 1000. The van der Waals surface area contributed by atoms with Gasteiger partial charge in [-0.25, -0.2) is 4.98 Å². The van der Waals surface area contributed by atoms with E-state index >= 15 is 0 Å². The van der Waals surface area contributed by atoms with E-state index in [9.17, 15) is 0 Å². The number of hydrogen-bond acceptors (Lipinski definition) is 5. The number of pyridine rings is 2. The Kier molecular flexibility index (Phi) is 4.91. The number of methoxy groups -OCH3 is 1. The molecule has 0 aliphatic heterocycles. The molecule has 3 heterocycles. The van der Waals surface area contributed by atoms with Crippen LogP contribution in [0.5, 0.6) is 5.75 Å². The first-order valence-corrected chi connectivity index (χ1v) is 9.37. The molecule has 0 radical (unpaired) electrons. The number of thiophene rings is 1. The molecule has 130 valence electrons. The van der Waals surface area contributed by atoms with Crippen LogP contribution in [0.2, 0.25) is 0 Å². The number of fused-ring (bicyclic) bond motifs is 1. The number of ether oxygens (including phenoxy) is 1. The van der Waals surface area contributed by atoms with Crippen LogP contribution in [0, 0.1) is 0 Å². The molecule has 3 aromatic heterocycles. The second kappa shape index (κ2) is 7.64. The van der Waals surface area contributed by atoms with Crippen molar-refractivity contribution >= 4 is 22.2 Å². The van der Waals surface area contributed by atoms with Crippen molar-refractivity contribution in [3.8, 4) is 17.0 Å². The highest BCUT2D eigenvalue weighted by atomic mass is 32.1. The van der Waals surface area contributed by atoms with E-state index in [1.165, 1.54) is 11.1 Å². The topological polar surface area (TPSA) is 47.0 Å². The van der Waals surface area contributed by atoms with Crippen LogP contribution in [0.15, 0.2) is 65.6 Å². The summed E-state index contributed by atoms with van der Waals surface area (Å²) in [6, 6.07) is 14.4. The van der Waals surface area contributed by atoms with Crippen molar-refractivity contribution in [2.45, 2.75) is 13.1 Å². The van der Waals surface area contributed by atoms with E-state index in [4.69, 9.17) is 9.72 Å². The summed E-state index contributed by atoms with van der Waals surface area (Å²) in [6.07, 6.45) is 3.64. The highest BCUT2D eigenvalue weighted by Crippen LogP contribution is 2.29. The maximum atomic E-state index is 5.34. The Morgan fingerprint density at radius 2 is 1.92 bits per heavy atom. The Morgan fingerprint density at radius 1 is 1.04 bits per heavy atom. The molecule has 0 fully saturated rings. The van der Waals surface area contributed by atoms with Gasteiger partial charge < -0.3 is 10.1 Å². The van der Waals surface area contributed by atoms with Crippen molar-refractivity contribution in [3.63, 3.8) is 0 Å². The summed E-state index contributed by atoms with van der Waals surface area (Å²) in [7, 11) is 1.68. The lowest BCUT2D eigenvalue weighted by atomic mass is 10.0. The summed E-state index contributed by atoms with van der Waals surface area (Å²) in [5, 5.41) is 8.86. The van der Waals surface area contributed by atoms with Gasteiger partial charge in [0.2, 0.25) is 0 Å². The van der Waals surface area contributed by atoms with Gasteiger partial charge >= 0.3 is 0 Å². The predicted molar refractivity (Wildman–Crippen MR) is 106 cm³/mol. The van der Waals surface area contributed by atoms with Gasteiger partial charge in [0.1, 0.15) is 5.75 Å². The van der Waals surface area contributed by atoms with Gasteiger partial charge in [-0.3, -0.25) is 4.98 Å². The molecular weight excluding hydrogens is 342 g/mol. The quantitative estimate of drug-likeness (QED) is 0.543. The van der Waals surface area contributed by atoms with Crippen molar-refractivity contribution in [3.05, 3.63) is 76.7 Å². The molecule has 4 aromatic rings. The predicted octanol–water partition coefficient (Wildman–Crippen LogP) is 4.66. The molecular formula is C21H19N3OS. The normalized spacial score (nSPS) is 11.0. The Balaban J connectivity index is 1.66. The van der Waals surface area contributed by atoms with Crippen molar-refractivity contribution in [1.29, 1.82) is 0 Å². The van der Waals surface area contributed by atoms with E-state index in [0.717, 1.165) is 41.0 Å². The number of nitrogens with one attached hydrogen (secondary N) is 1. The van der Waals surface area contributed by atoms with Crippen molar-refractivity contribution in [2.75, 3.05) is 7.11 Å². The second-order valence-corrected chi connectivity index (χ2v) is 6.81. The van der Waals surface area contributed by atoms with Gasteiger partial charge in [-0.05, 0) is 52.9 Å². The van der Waals surface area contributed by atoms with Crippen LogP contribution < -0.4 is 10.1 Å². The molecule has 0 saturated heterocycles. The van der Waals surface area contributed by atoms with Crippen molar-refractivity contribution in [1.82, 2.24) is 15.3 Å². The average molecular weight is 361 g/mol. The summed E-state index contributed by atoms with van der Waals surface area (Å²) in [4.78, 5) is 8.99. The minimum Gasteiger partial charge on any atom is -0.497 e. The molecule has 5 heteroatoms. The second-order valence-electron chi connectivity index (χ2n) is 6.03. The van der Waals surface area contributed by atoms with Crippen LogP contribution in [0.4, 0.5) is 0 Å². The molecule has 0 aliphatic carbocycles. The lowest BCUT2D eigenvalue weighted by Gasteiger charge is -2.12. The third-order valence-electron chi connectivity index (χ3n) is 4.29. The molecule has 4 rings (SSSR count). The fraction of sp³-hybridized carbons (Fsp3) is 0.143. The zero-order valence-electron chi connectivity index (χ0n) is 14.5. The molecule has 26 heavy (non-hydrogen) atoms. The van der Waals surface area contributed by atoms with Gasteiger partial charge in [-0.15, -0.1) is 0 Å². The van der Waals surface area contributed by atoms with E-state index in [0.29, 0.717) is 0 Å². The van der Waals surface area contributed by atoms with Gasteiger partial charge in [0.25, 0.3) is 0 Å². The van der Waals surface area contributed by atoms with Crippen LogP contribution in [-0.4, -0.2) is 17.1 Å². The maximum Gasteiger partial charge on any atom is 0.121 e. The van der Waals surface area contributed by atoms with Gasteiger partial charge in [0.05, 0.1) is 18.3 Å². The van der Waals surface area contributed by atoms with Crippen LogP contribution >= 0.6 is 11.3 Å². The molecule has 0 amide bonds. The fourth-order valence-electron chi connectivity index (χ4n) is 2.94. The van der Waals surface area contributed by atoms with E-state index in [2.05, 4.69) is 39.3 Å². The number of rotatable bonds is 6. The van der Waals surface area contributed by atoms with E-state index < -0.39 is 0 Å². The fourth-order valence-corrected chi connectivity index (χ4v) is 3.58. The number of benzene rings is 1. The lowest BCUT2D eigenvalue weighted by Crippen LogP contribution is -2.14. The molecule has 0 atom stereocenters. The maximum absolute atomic E-state index is 5.34. The van der Waals surface area contributed by atoms with Gasteiger partial charge in [-0.2, -0.15) is 11.3 Å². The van der Waals surface area contributed by atoms with Crippen LogP contribution in [-0.2, 0) is 13.1 Å². The molecule has 0 saturated carbocycles. The summed E-state index contributed by atoms with van der Waals surface area (Å²) >= 11 is 1.68. The monoisotopic (exact) mass is 361 g/mol. The molecule has 1 aromatic carbocycles. The highest BCUT2D eigenvalue weighted by molar-refractivity contribution is 7.08. The van der Waals surface area contributed by atoms with E-state index in [-0.39, 0.29) is 0 Å². The van der Waals surface area contributed by atoms with Crippen molar-refractivity contribution in [2.24, 2.45) is 0 Å². The van der Waals surface area contributed by atoms with Gasteiger partial charge in [-0.1, -0.05) is 0 Å². The Morgan fingerprint density at radius 3 is 2.69 bits per heavy atom. The number of hydrogen-bond donors (Lipinski definition) is 1. The number of aromatic nitrogens is 2. The summed E-state index contributed by atoms with van der Waals surface area (Å²) < 4.78 is 5.34. The SMILES string of the molecule is COc1ccc2cc(CNCc3ccncc3)c(-c3ccsc3)nc2c1. The van der Waals surface area contributed by atoms with Gasteiger partial charge in [0, 0.05) is 47.9 Å². The van der Waals surface area contributed by atoms with E-state index in [1.807, 2.05) is 36.7 Å². The first kappa shape index (κ1) is 16.7. The first-order valence-electron chi connectivity index (χ1n) is 8.43. The van der Waals surface area contributed by atoms with Crippen LogP contribution in [0.3, 0.4) is 0 Å². The lowest BCUT2D eigenvalue weighted by molar-refractivity contribution is 0.415. The third kappa shape index (κ3) is 3.59. The Hall–Kier alpha value is -2.76.